The van der Waals surface area contributed by atoms with Crippen molar-refractivity contribution in [3.63, 3.8) is 0 Å². The lowest BCUT2D eigenvalue weighted by molar-refractivity contribution is 0.0963. The number of likely N-dealkylation sites (tertiary alicyclic amines) is 1. The molecule has 0 radical (unpaired) electrons. The van der Waals surface area contributed by atoms with Gasteiger partial charge in [-0.3, -0.25) is 4.90 Å². The van der Waals surface area contributed by atoms with Gasteiger partial charge in [0.15, 0.2) is 5.05 Å². The predicted octanol–water partition coefficient (Wildman–Crippen LogP) is 6.52. The van der Waals surface area contributed by atoms with E-state index in [1.54, 1.807) is 4.90 Å². The molecule has 0 spiro atoms. The van der Waals surface area contributed by atoms with Gasteiger partial charge in [-0.2, -0.15) is 0 Å². The maximum Gasteiger partial charge on any atom is 0.410 e. The molecule has 4 nitrogen and oxygen atoms in total. The molecule has 33 heavy (non-hydrogen) atoms. The second-order valence-electron chi connectivity index (χ2n) is 7.64. The highest BCUT2D eigenvalue weighted by Gasteiger charge is 2.40. The van der Waals surface area contributed by atoms with Crippen LogP contribution in [0.25, 0.3) is 0 Å². The summed E-state index contributed by atoms with van der Waals surface area (Å²) >= 11 is 9.50. The van der Waals surface area contributed by atoms with E-state index in [4.69, 9.17) is 21.7 Å². The van der Waals surface area contributed by atoms with Crippen molar-refractivity contribution in [2.75, 3.05) is 13.2 Å². The summed E-state index contributed by atoms with van der Waals surface area (Å²) in [5.74, 6) is 0.226. The van der Waals surface area contributed by atoms with Crippen LogP contribution in [0.3, 0.4) is 0 Å². The SMILES string of the molecule is CCOC(=S)[C@H]1C[C@H](c2ccccc2)CN1C(=O)OCc1ccccc1.Sc1ccccc1. The number of rotatable bonds is 5. The van der Waals surface area contributed by atoms with Gasteiger partial charge >= 0.3 is 6.09 Å². The molecule has 1 saturated heterocycles. The lowest BCUT2D eigenvalue weighted by Crippen LogP contribution is -2.41. The summed E-state index contributed by atoms with van der Waals surface area (Å²) in [6.45, 7) is 3.22. The zero-order chi connectivity index (χ0) is 23.5. The Bertz CT molecular complexity index is 1000. The molecule has 4 rings (SSSR count). The number of hydrogen-bond donors (Lipinski definition) is 1. The van der Waals surface area contributed by atoms with Gasteiger partial charge in [0.25, 0.3) is 0 Å². The normalized spacial score (nSPS) is 17.0. The fourth-order valence-electron chi connectivity index (χ4n) is 3.70. The van der Waals surface area contributed by atoms with E-state index < -0.39 is 0 Å². The summed E-state index contributed by atoms with van der Waals surface area (Å²) in [7, 11) is 0. The molecule has 0 N–H and O–H groups in total. The molecule has 0 unspecified atom stereocenters. The van der Waals surface area contributed by atoms with E-state index in [9.17, 15) is 4.79 Å². The minimum absolute atomic E-state index is 0.226. The summed E-state index contributed by atoms with van der Waals surface area (Å²) in [5, 5.41) is 0.461. The van der Waals surface area contributed by atoms with Crippen LogP contribution in [-0.4, -0.2) is 35.2 Å². The smallest absolute Gasteiger partial charge is 0.410 e. The van der Waals surface area contributed by atoms with E-state index in [1.807, 2.05) is 85.8 Å². The molecule has 1 aliphatic heterocycles. The molecule has 0 aromatic heterocycles. The monoisotopic (exact) mass is 479 g/mol. The van der Waals surface area contributed by atoms with E-state index in [1.165, 1.54) is 5.56 Å². The third-order valence-corrected chi connectivity index (χ3v) is 6.01. The fraction of sp³-hybridized carbons (Fsp3) is 0.259. The summed E-state index contributed by atoms with van der Waals surface area (Å²) in [5.41, 5.74) is 2.17. The summed E-state index contributed by atoms with van der Waals surface area (Å²) in [6.07, 6.45) is 0.405. The molecule has 2 atom stereocenters. The summed E-state index contributed by atoms with van der Waals surface area (Å²) in [4.78, 5) is 15.4. The van der Waals surface area contributed by atoms with Gasteiger partial charge in [-0.05, 0) is 48.8 Å². The number of thiocarbonyl (C=S) groups is 1. The van der Waals surface area contributed by atoms with E-state index in [0.29, 0.717) is 18.2 Å². The van der Waals surface area contributed by atoms with Crippen LogP contribution < -0.4 is 0 Å². The number of hydrogen-bond acceptors (Lipinski definition) is 5. The van der Waals surface area contributed by atoms with Crippen molar-refractivity contribution >= 4 is 36.0 Å². The first-order valence-corrected chi connectivity index (χ1v) is 11.9. The molecule has 1 heterocycles. The first-order chi connectivity index (χ1) is 16.1. The standard InChI is InChI=1S/C21H23NO3S.C6H6S/c1-2-24-20(26)19-13-18(17-11-7-4-8-12-17)14-22(19)21(23)25-15-16-9-5-3-6-10-16;7-6-4-2-1-3-5-6/h3-12,18-19H,2,13-15H2,1H3;1-5,7H/t18-,19+;/m0./s1. The third kappa shape index (κ3) is 7.62. The Morgan fingerprint density at radius 1 is 0.939 bits per heavy atom. The van der Waals surface area contributed by atoms with Crippen molar-refractivity contribution in [2.24, 2.45) is 0 Å². The van der Waals surface area contributed by atoms with Crippen LogP contribution >= 0.6 is 24.8 Å². The quantitative estimate of drug-likeness (QED) is 0.334. The molecule has 172 valence electrons. The zero-order valence-electron chi connectivity index (χ0n) is 18.7. The van der Waals surface area contributed by atoms with E-state index in [2.05, 4.69) is 24.8 Å². The van der Waals surface area contributed by atoms with Gasteiger partial charge < -0.3 is 9.47 Å². The molecule has 1 fully saturated rings. The molecular weight excluding hydrogens is 450 g/mol. The van der Waals surface area contributed by atoms with Crippen molar-refractivity contribution in [3.8, 4) is 0 Å². The Kier molecular flexibility index (Phi) is 9.78. The lowest BCUT2D eigenvalue weighted by Gasteiger charge is -2.24. The Morgan fingerprint density at radius 2 is 1.52 bits per heavy atom. The van der Waals surface area contributed by atoms with Crippen LogP contribution in [0.2, 0.25) is 0 Å². The number of carbonyl (C=O) groups excluding carboxylic acids is 1. The number of benzene rings is 3. The topological polar surface area (TPSA) is 38.8 Å². The average Bonchev–Trinajstić information content (AvgIpc) is 3.31. The van der Waals surface area contributed by atoms with Gasteiger partial charge in [0.05, 0.1) is 6.61 Å². The van der Waals surface area contributed by atoms with Gasteiger partial charge in [0.1, 0.15) is 12.6 Å². The van der Waals surface area contributed by atoms with E-state index in [-0.39, 0.29) is 24.7 Å². The number of thiol groups is 1. The Balaban J connectivity index is 0.000000374. The van der Waals surface area contributed by atoms with E-state index >= 15 is 0 Å². The highest BCUT2D eigenvalue weighted by atomic mass is 32.1. The predicted molar refractivity (Wildman–Crippen MR) is 139 cm³/mol. The van der Waals surface area contributed by atoms with Crippen molar-refractivity contribution in [1.82, 2.24) is 4.90 Å². The van der Waals surface area contributed by atoms with Gasteiger partial charge in [-0.25, -0.2) is 4.79 Å². The van der Waals surface area contributed by atoms with Crippen LogP contribution in [0.5, 0.6) is 0 Å². The maximum absolute atomic E-state index is 12.7. The number of ether oxygens (including phenoxy) is 2. The second-order valence-corrected chi connectivity index (χ2v) is 8.56. The molecular formula is C27H29NO3S2. The minimum Gasteiger partial charge on any atom is -0.485 e. The molecule has 1 aliphatic rings. The number of amides is 1. The van der Waals surface area contributed by atoms with Crippen LogP contribution in [0.4, 0.5) is 4.79 Å². The first kappa shape index (κ1) is 24.8. The van der Waals surface area contributed by atoms with Gasteiger partial charge in [0, 0.05) is 17.4 Å². The first-order valence-electron chi connectivity index (χ1n) is 11.0. The fourth-order valence-corrected chi connectivity index (χ4v) is 4.21. The van der Waals surface area contributed by atoms with Crippen LogP contribution in [0, 0.1) is 0 Å². The van der Waals surface area contributed by atoms with Gasteiger partial charge in [-0.15, -0.1) is 12.6 Å². The maximum atomic E-state index is 12.7. The minimum atomic E-state index is -0.348. The highest BCUT2D eigenvalue weighted by molar-refractivity contribution is 7.80. The molecule has 3 aromatic carbocycles. The molecule has 0 bridgehead atoms. The summed E-state index contributed by atoms with van der Waals surface area (Å²) in [6, 6.07) is 29.4. The average molecular weight is 480 g/mol. The lowest BCUT2D eigenvalue weighted by atomic mass is 9.97. The van der Waals surface area contributed by atoms with Crippen molar-refractivity contribution in [1.29, 1.82) is 0 Å². The van der Waals surface area contributed by atoms with Crippen molar-refractivity contribution < 1.29 is 14.3 Å². The van der Waals surface area contributed by atoms with E-state index in [0.717, 1.165) is 16.9 Å². The number of carbonyl (C=O) groups is 1. The largest absolute Gasteiger partial charge is 0.485 e. The molecule has 0 aliphatic carbocycles. The Labute approximate surface area is 206 Å². The van der Waals surface area contributed by atoms with Crippen LogP contribution in [0.1, 0.15) is 30.4 Å². The second kappa shape index (κ2) is 13.0. The Hall–Kier alpha value is -2.83. The van der Waals surface area contributed by atoms with Crippen LogP contribution in [0.15, 0.2) is 95.9 Å². The highest BCUT2D eigenvalue weighted by Crippen LogP contribution is 2.33. The molecule has 0 saturated carbocycles. The molecule has 1 amide bonds. The zero-order valence-corrected chi connectivity index (χ0v) is 20.4. The van der Waals surface area contributed by atoms with Crippen LogP contribution in [-0.2, 0) is 16.1 Å². The summed E-state index contributed by atoms with van der Waals surface area (Å²) < 4.78 is 11.1. The number of nitrogens with zero attached hydrogens (tertiary/aromatic N) is 1. The van der Waals surface area contributed by atoms with Gasteiger partial charge in [-0.1, -0.05) is 78.9 Å². The Morgan fingerprint density at radius 3 is 2.06 bits per heavy atom. The third-order valence-electron chi connectivity index (χ3n) is 5.33. The van der Waals surface area contributed by atoms with Crippen molar-refractivity contribution in [3.05, 3.63) is 102 Å². The van der Waals surface area contributed by atoms with Crippen molar-refractivity contribution in [2.45, 2.75) is 36.8 Å². The molecule has 6 heteroatoms. The molecule has 3 aromatic rings. The van der Waals surface area contributed by atoms with Gasteiger partial charge in [0.2, 0.25) is 0 Å².